The van der Waals surface area contributed by atoms with E-state index in [0.717, 1.165) is 9.33 Å². The minimum atomic E-state index is -0.592. The number of aromatic nitrogens is 1. The zero-order chi connectivity index (χ0) is 20.5. The smallest absolute Gasteiger partial charge is 0.338 e. The minimum absolute atomic E-state index is 0.219. The summed E-state index contributed by atoms with van der Waals surface area (Å²) in [4.78, 5) is 31.1. The third-order valence-electron chi connectivity index (χ3n) is 4.50. The summed E-state index contributed by atoms with van der Waals surface area (Å²) < 4.78 is 13.6. The number of esters is 1. The number of nitrogens with zero attached hydrogens (tertiary/aromatic N) is 2. The predicted octanol–water partition coefficient (Wildman–Crippen LogP) is 3.00. The van der Waals surface area contributed by atoms with Crippen molar-refractivity contribution in [1.29, 1.82) is 0 Å². The van der Waals surface area contributed by atoms with Gasteiger partial charge in [0.15, 0.2) is 8.57 Å². The fraction of sp³-hybridized carbons (Fsp3) is 0.190. The first-order valence-electron chi connectivity index (χ1n) is 8.99. The number of ether oxygens (including phenoxy) is 1. The second-order valence-electron chi connectivity index (χ2n) is 6.35. The van der Waals surface area contributed by atoms with Gasteiger partial charge in [0.1, 0.15) is 5.76 Å². The third kappa shape index (κ3) is 3.74. The lowest BCUT2D eigenvalue weighted by Gasteiger charge is -2.24. The highest BCUT2D eigenvalue weighted by Crippen LogP contribution is 2.30. The zero-order valence-corrected chi connectivity index (χ0v) is 18.7. The van der Waals surface area contributed by atoms with E-state index >= 15 is 0 Å². The fourth-order valence-electron chi connectivity index (χ4n) is 3.28. The van der Waals surface area contributed by atoms with E-state index in [-0.39, 0.29) is 12.2 Å². The van der Waals surface area contributed by atoms with Crippen molar-refractivity contribution in [2.24, 2.45) is 4.99 Å². The van der Waals surface area contributed by atoms with E-state index in [2.05, 4.69) is 27.6 Å². The molecule has 148 valence electrons. The Morgan fingerprint density at radius 2 is 2.07 bits per heavy atom. The highest BCUT2D eigenvalue weighted by Gasteiger charge is 2.33. The van der Waals surface area contributed by atoms with Crippen LogP contribution in [0.4, 0.5) is 0 Å². The molecule has 6 nitrogen and oxygen atoms in total. The average molecular weight is 520 g/mol. The van der Waals surface area contributed by atoms with Crippen LogP contribution in [0.25, 0.3) is 6.08 Å². The minimum Gasteiger partial charge on any atom is -0.463 e. The Bertz CT molecular complexity index is 1280. The Kier molecular flexibility index (Phi) is 5.55. The monoisotopic (exact) mass is 520 g/mol. The summed E-state index contributed by atoms with van der Waals surface area (Å²) in [5, 5.41) is 0. The topological polar surface area (TPSA) is 73.8 Å². The molecule has 0 spiro atoms. The van der Waals surface area contributed by atoms with Crippen molar-refractivity contribution in [3.05, 3.63) is 88.5 Å². The zero-order valence-electron chi connectivity index (χ0n) is 15.7. The molecule has 0 aliphatic carbocycles. The molecule has 29 heavy (non-hydrogen) atoms. The van der Waals surface area contributed by atoms with Crippen LogP contribution in [0, 0.1) is 3.77 Å². The standard InChI is InChI=1S/C21H17IN2O4S/c1-3-27-20(26)17-12(2)23-21-24(18(17)13-7-5-4-6-8-13)19(25)15(29-21)11-14-9-10-16(22)28-14/h4-11,18H,3H2,1-2H3/b15-11-/t18-/m1/s1. The molecule has 1 aliphatic heterocycles. The fourth-order valence-corrected chi connectivity index (χ4v) is 4.74. The molecule has 0 saturated carbocycles. The van der Waals surface area contributed by atoms with Crippen LogP contribution in [0.1, 0.15) is 31.2 Å². The van der Waals surface area contributed by atoms with E-state index in [1.165, 1.54) is 11.3 Å². The number of furan rings is 1. The van der Waals surface area contributed by atoms with Gasteiger partial charge in [0.05, 0.1) is 28.5 Å². The van der Waals surface area contributed by atoms with E-state index in [4.69, 9.17) is 9.15 Å². The number of halogens is 1. The molecular weight excluding hydrogens is 503 g/mol. The molecule has 0 N–H and O–H groups in total. The van der Waals surface area contributed by atoms with Crippen LogP contribution in [0.5, 0.6) is 0 Å². The van der Waals surface area contributed by atoms with Crippen molar-refractivity contribution in [2.45, 2.75) is 19.9 Å². The van der Waals surface area contributed by atoms with E-state index in [0.29, 0.717) is 26.4 Å². The van der Waals surface area contributed by atoms with Gasteiger partial charge in [0.2, 0.25) is 0 Å². The lowest BCUT2D eigenvalue weighted by molar-refractivity contribution is -0.139. The quantitative estimate of drug-likeness (QED) is 0.392. The molecule has 3 aromatic rings. The van der Waals surface area contributed by atoms with Gasteiger partial charge in [0.25, 0.3) is 5.56 Å². The van der Waals surface area contributed by atoms with Gasteiger partial charge in [-0.15, -0.1) is 0 Å². The molecule has 3 heterocycles. The van der Waals surface area contributed by atoms with Crippen LogP contribution in [0.3, 0.4) is 0 Å². The van der Waals surface area contributed by atoms with Crippen LogP contribution in [-0.4, -0.2) is 17.1 Å². The summed E-state index contributed by atoms with van der Waals surface area (Å²) in [6, 6.07) is 12.5. The molecule has 2 aromatic heterocycles. The number of thiazole rings is 1. The van der Waals surface area contributed by atoms with Gasteiger partial charge in [-0.3, -0.25) is 9.36 Å². The van der Waals surface area contributed by atoms with Crippen LogP contribution in [-0.2, 0) is 9.53 Å². The van der Waals surface area contributed by atoms with Crippen molar-refractivity contribution in [1.82, 2.24) is 4.57 Å². The van der Waals surface area contributed by atoms with Gasteiger partial charge in [-0.25, -0.2) is 9.79 Å². The van der Waals surface area contributed by atoms with Crippen molar-refractivity contribution in [2.75, 3.05) is 6.61 Å². The predicted molar refractivity (Wildman–Crippen MR) is 118 cm³/mol. The average Bonchev–Trinajstić information content (AvgIpc) is 3.24. The van der Waals surface area contributed by atoms with Gasteiger partial charge in [-0.05, 0) is 54.1 Å². The number of carbonyl (C=O) groups is 1. The van der Waals surface area contributed by atoms with Gasteiger partial charge in [-0.1, -0.05) is 41.7 Å². The molecule has 1 atom stereocenters. The molecule has 0 unspecified atom stereocenters. The summed E-state index contributed by atoms with van der Waals surface area (Å²) in [6.45, 7) is 3.78. The van der Waals surface area contributed by atoms with Gasteiger partial charge in [0, 0.05) is 6.08 Å². The molecular formula is C21H17IN2O4S. The number of hydrogen-bond acceptors (Lipinski definition) is 6. The Labute approximate surface area is 184 Å². The Morgan fingerprint density at radius 1 is 1.31 bits per heavy atom. The molecule has 8 heteroatoms. The maximum absolute atomic E-state index is 13.3. The molecule has 4 rings (SSSR count). The molecule has 0 bridgehead atoms. The molecule has 1 aliphatic rings. The molecule has 0 radical (unpaired) electrons. The third-order valence-corrected chi connectivity index (χ3v) is 6.06. The van der Waals surface area contributed by atoms with E-state index < -0.39 is 12.0 Å². The Morgan fingerprint density at radius 3 is 2.72 bits per heavy atom. The first kappa shape index (κ1) is 19.8. The largest absolute Gasteiger partial charge is 0.463 e. The first-order valence-corrected chi connectivity index (χ1v) is 10.9. The van der Waals surface area contributed by atoms with Crippen LogP contribution < -0.4 is 14.9 Å². The van der Waals surface area contributed by atoms with Crippen molar-refractivity contribution in [3.63, 3.8) is 0 Å². The molecule has 1 aromatic carbocycles. The Hall–Kier alpha value is -2.46. The number of fused-ring (bicyclic) bond motifs is 1. The van der Waals surface area contributed by atoms with E-state index in [1.54, 1.807) is 24.5 Å². The molecule has 0 amide bonds. The second kappa shape index (κ2) is 8.11. The van der Waals surface area contributed by atoms with Crippen molar-refractivity contribution >= 4 is 46.0 Å². The Balaban J connectivity index is 1.96. The summed E-state index contributed by atoms with van der Waals surface area (Å²) in [6.07, 6.45) is 1.71. The first-order chi connectivity index (χ1) is 14.0. The summed E-state index contributed by atoms with van der Waals surface area (Å²) in [7, 11) is 0. The molecule has 0 fully saturated rings. The lowest BCUT2D eigenvalue weighted by Crippen LogP contribution is -2.39. The maximum Gasteiger partial charge on any atom is 0.338 e. The highest BCUT2D eigenvalue weighted by molar-refractivity contribution is 14.1. The van der Waals surface area contributed by atoms with Crippen molar-refractivity contribution < 1.29 is 13.9 Å². The van der Waals surface area contributed by atoms with Gasteiger partial charge < -0.3 is 9.15 Å². The normalized spacial score (nSPS) is 16.5. The van der Waals surface area contributed by atoms with E-state index in [1.807, 2.05) is 42.5 Å². The summed E-state index contributed by atoms with van der Waals surface area (Å²) >= 11 is 3.35. The number of carbonyl (C=O) groups excluding carboxylic acids is 1. The summed E-state index contributed by atoms with van der Waals surface area (Å²) in [5.74, 6) is 0.134. The van der Waals surface area contributed by atoms with Gasteiger partial charge in [-0.2, -0.15) is 0 Å². The van der Waals surface area contributed by atoms with Crippen LogP contribution in [0.2, 0.25) is 0 Å². The number of allylic oxidation sites excluding steroid dienone is 1. The molecule has 0 saturated heterocycles. The number of rotatable bonds is 4. The SMILES string of the molecule is CCOC(=O)C1=C(C)N=c2s/c(=C\c3ccc(I)o3)c(=O)n2[C@@H]1c1ccccc1. The van der Waals surface area contributed by atoms with Crippen LogP contribution >= 0.6 is 33.9 Å². The van der Waals surface area contributed by atoms with Crippen molar-refractivity contribution in [3.8, 4) is 0 Å². The second-order valence-corrected chi connectivity index (χ2v) is 8.43. The van der Waals surface area contributed by atoms with E-state index in [9.17, 15) is 9.59 Å². The lowest BCUT2D eigenvalue weighted by atomic mass is 9.96. The summed E-state index contributed by atoms with van der Waals surface area (Å²) in [5.41, 5.74) is 1.54. The maximum atomic E-state index is 13.3. The highest BCUT2D eigenvalue weighted by atomic mass is 127. The number of hydrogen-bond donors (Lipinski definition) is 0. The van der Waals surface area contributed by atoms with Gasteiger partial charge >= 0.3 is 5.97 Å². The van der Waals surface area contributed by atoms with Crippen LogP contribution in [0.15, 0.2) is 67.9 Å². The number of benzene rings is 1.